The Hall–Kier alpha value is -2.48. The van der Waals surface area contributed by atoms with Gasteiger partial charge in [0.05, 0.1) is 11.8 Å². The fraction of sp³-hybridized carbons (Fsp3) is 0.471. The summed E-state index contributed by atoms with van der Waals surface area (Å²) in [5, 5.41) is 19.0. The van der Waals surface area contributed by atoms with Crippen LogP contribution in [0.25, 0.3) is 0 Å². The van der Waals surface area contributed by atoms with E-state index in [0.717, 1.165) is 0 Å². The summed E-state index contributed by atoms with van der Waals surface area (Å²) >= 11 is 0. The topological polar surface area (TPSA) is 144 Å². The minimum Gasteiger partial charge on any atom is -0.481 e. The van der Waals surface area contributed by atoms with E-state index in [1.54, 1.807) is 30.3 Å². The van der Waals surface area contributed by atoms with Gasteiger partial charge in [-0.15, -0.1) is 0 Å². The first-order valence-electron chi connectivity index (χ1n) is 7.90. The van der Waals surface area contributed by atoms with Crippen molar-refractivity contribution in [1.29, 1.82) is 0 Å². The molecule has 2 aliphatic carbocycles. The number of carbonyl (C=O) groups excluding carboxylic acids is 1. The van der Waals surface area contributed by atoms with Crippen LogP contribution in [0.4, 0.5) is 4.39 Å². The van der Waals surface area contributed by atoms with Crippen LogP contribution in [0, 0.1) is 23.2 Å². The first-order valence-corrected chi connectivity index (χ1v) is 7.90. The number of primary amides is 1. The summed E-state index contributed by atoms with van der Waals surface area (Å²) < 4.78 is 14.4. The third kappa shape index (κ3) is 2.17. The van der Waals surface area contributed by atoms with Gasteiger partial charge in [0.25, 0.3) is 0 Å². The van der Waals surface area contributed by atoms with E-state index in [9.17, 15) is 29.0 Å². The molecule has 2 unspecified atom stereocenters. The zero-order chi connectivity index (χ0) is 18.6. The zero-order valence-corrected chi connectivity index (χ0v) is 13.3. The monoisotopic (exact) mass is 350 g/mol. The summed E-state index contributed by atoms with van der Waals surface area (Å²) in [6.45, 7) is 0. The molecule has 2 aliphatic rings. The number of nitrogens with two attached hydrogens (primary N) is 2. The van der Waals surface area contributed by atoms with Crippen LogP contribution in [0.3, 0.4) is 0 Å². The predicted octanol–water partition coefficient (Wildman–Crippen LogP) is 0.172. The van der Waals surface area contributed by atoms with Crippen LogP contribution >= 0.6 is 0 Å². The number of alkyl halides is 1. The molecule has 0 saturated heterocycles. The summed E-state index contributed by atoms with van der Waals surface area (Å²) in [6.07, 6.45) is -2.18. The van der Waals surface area contributed by atoms with Gasteiger partial charge in [0.15, 0.2) is 0 Å². The van der Waals surface area contributed by atoms with Crippen molar-refractivity contribution in [3.8, 4) is 0 Å². The summed E-state index contributed by atoms with van der Waals surface area (Å²) in [5.74, 6) is -7.52. The van der Waals surface area contributed by atoms with E-state index >= 15 is 0 Å². The lowest BCUT2D eigenvalue weighted by atomic mass is 9.68. The van der Waals surface area contributed by atoms with Gasteiger partial charge in [-0.2, -0.15) is 0 Å². The van der Waals surface area contributed by atoms with Crippen molar-refractivity contribution >= 4 is 17.8 Å². The predicted molar refractivity (Wildman–Crippen MR) is 83.9 cm³/mol. The molecule has 25 heavy (non-hydrogen) atoms. The van der Waals surface area contributed by atoms with Crippen LogP contribution in [0.2, 0.25) is 0 Å². The summed E-state index contributed by atoms with van der Waals surface area (Å²) in [6, 6.07) is 8.50. The number of benzene rings is 1. The molecular formula is C17H19FN2O5. The number of halogens is 1. The molecule has 7 nitrogen and oxygen atoms in total. The molecule has 1 aromatic rings. The molecule has 2 fully saturated rings. The highest BCUT2D eigenvalue weighted by molar-refractivity contribution is 5.93. The number of carboxylic acid groups (broad SMARTS) is 2. The Morgan fingerprint density at radius 1 is 1.16 bits per heavy atom. The van der Waals surface area contributed by atoms with E-state index in [0.29, 0.717) is 5.56 Å². The van der Waals surface area contributed by atoms with E-state index in [-0.39, 0.29) is 12.8 Å². The van der Waals surface area contributed by atoms with Gasteiger partial charge in [0.1, 0.15) is 11.7 Å². The minimum atomic E-state index is -1.98. The van der Waals surface area contributed by atoms with E-state index < -0.39 is 52.7 Å². The largest absolute Gasteiger partial charge is 0.481 e. The van der Waals surface area contributed by atoms with E-state index in [4.69, 9.17) is 11.5 Å². The van der Waals surface area contributed by atoms with E-state index in [1.165, 1.54) is 0 Å². The first kappa shape index (κ1) is 17.3. The van der Waals surface area contributed by atoms with Gasteiger partial charge in [0.2, 0.25) is 5.91 Å². The summed E-state index contributed by atoms with van der Waals surface area (Å²) in [5.41, 5.74) is 8.70. The maximum absolute atomic E-state index is 14.4. The Labute approximate surface area is 142 Å². The molecule has 0 heterocycles. The third-order valence-electron chi connectivity index (χ3n) is 5.85. The molecule has 1 aromatic carbocycles. The van der Waals surface area contributed by atoms with Gasteiger partial charge in [-0.05, 0) is 24.3 Å². The zero-order valence-electron chi connectivity index (χ0n) is 13.3. The fourth-order valence-corrected chi connectivity index (χ4v) is 4.91. The van der Waals surface area contributed by atoms with Crippen molar-refractivity contribution < 1.29 is 29.0 Å². The molecule has 0 radical (unpaired) electrons. The molecule has 0 spiro atoms. The van der Waals surface area contributed by atoms with Crippen LogP contribution in [0.15, 0.2) is 30.3 Å². The van der Waals surface area contributed by atoms with Gasteiger partial charge >= 0.3 is 11.9 Å². The second-order valence-electron chi connectivity index (χ2n) is 6.92. The lowest BCUT2D eigenvalue weighted by Crippen LogP contribution is -2.64. The molecule has 0 aromatic heterocycles. The average molecular weight is 350 g/mol. The van der Waals surface area contributed by atoms with Gasteiger partial charge in [-0.1, -0.05) is 30.3 Å². The van der Waals surface area contributed by atoms with Crippen LogP contribution < -0.4 is 11.5 Å². The smallest absolute Gasteiger partial charge is 0.310 e. The maximum Gasteiger partial charge on any atom is 0.310 e. The van der Waals surface area contributed by atoms with Crippen LogP contribution in [0.5, 0.6) is 0 Å². The van der Waals surface area contributed by atoms with Gasteiger partial charge in [-0.3, -0.25) is 14.4 Å². The fourth-order valence-electron chi connectivity index (χ4n) is 4.91. The number of aliphatic carboxylic acids is 2. The molecular weight excluding hydrogens is 331 g/mol. The van der Waals surface area contributed by atoms with Crippen molar-refractivity contribution in [3.63, 3.8) is 0 Å². The van der Waals surface area contributed by atoms with Crippen molar-refractivity contribution in [2.24, 2.45) is 34.6 Å². The third-order valence-corrected chi connectivity index (χ3v) is 5.85. The lowest BCUT2D eigenvalue weighted by Gasteiger charge is -2.38. The molecule has 0 aliphatic heterocycles. The Balaban J connectivity index is 2.13. The number of amides is 1. The second kappa shape index (κ2) is 5.52. The highest BCUT2D eigenvalue weighted by atomic mass is 19.1. The molecule has 8 heteroatoms. The van der Waals surface area contributed by atoms with Crippen molar-refractivity contribution in [1.82, 2.24) is 0 Å². The quantitative estimate of drug-likeness (QED) is 0.576. The second-order valence-corrected chi connectivity index (χ2v) is 6.92. The molecule has 3 rings (SSSR count). The molecule has 134 valence electrons. The van der Waals surface area contributed by atoms with Crippen molar-refractivity contribution in [2.45, 2.75) is 24.6 Å². The van der Waals surface area contributed by atoms with Crippen LogP contribution in [0.1, 0.15) is 12.0 Å². The molecule has 1 amide bonds. The number of carbonyl (C=O) groups is 3. The maximum atomic E-state index is 14.4. The first-order chi connectivity index (χ1) is 11.7. The lowest BCUT2D eigenvalue weighted by molar-refractivity contribution is -0.151. The van der Waals surface area contributed by atoms with Crippen molar-refractivity contribution in [3.05, 3.63) is 35.9 Å². The van der Waals surface area contributed by atoms with Gasteiger partial charge in [-0.25, -0.2) is 4.39 Å². The minimum absolute atomic E-state index is 0.153. The number of fused-ring (bicyclic) bond motifs is 1. The Morgan fingerprint density at radius 3 is 2.20 bits per heavy atom. The Kier molecular flexibility index (Phi) is 3.83. The molecule has 6 N–H and O–H groups in total. The SMILES string of the molecule is NC(=O)[C@](N)(Cc1ccccc1)[C@@]12C(C(=O)O)[C@@H](F)CC1[C@@H]2C(=O)O. The number of carboxylic acids is 2. The van der Waals surface area contributed by atoms with E-state index in [2.05, 4.69) is 0 Å². The summed E-state index contributed by atoms with van der Waals surface area (Å²) in [4.78, 5) is 35.6. The van der Waals surface area contributed by atoms with Gasteiger partial charge < -0.3 is 21.7 Å². The highest BCUT2D eigenvalue weighted by Gasteiger charge is 2.86. The molecule has 0 bridgehead atoms. The number of rotatable bonds is 6. The van der Waals surface area contributed by atoms with Crippen molar-refractivity contribution in [2.75, 3.05) is 0 Å². The van der Waals surface area contributed by atoms with E-state index in [1.807, 2.05) is 0 Å². The molecule has 2 saturated carbocycles. The summed E-state index contributed by atoms with van der Waals surface area (Å²) in [7, 11) is 0. The highest BCUT2D eigenvalue weighted by Crippen LogP contribution is 2.75. The number of hydrogen-bond acceptors (Lipinski definition) is 4. The number of hydrogen-bond donors (Lipinski definition) is 4. The molecule has 6 atom stereocenters. The van der Waals surface area contributed by atoms with Gasteiger partial charge in [0, 0.05) is 5.41 Å². The standard InChI is InChI=1S/C17H19FN2O5/c18-10-6-9-11(13(21)22)17(9,12(10)14(23)24)16(20,15(19)25)7-8-4-2-1-3-5-8/h1-5,9-12H,6-7,20H2,(H2,19,25)(H,21,22)(H,23,24)/t9?,10-,11+,12?,16+,17-/m0/s1. The average Bonchev–Trinajstić information content (AvgIpc) is 3.06. The van der Waals surface area contributed by atoms with Crippen LogP contribution in [-0.4, -0.2) is 39.8 Å². The van der Waals surface area contributed by atoms with Crippen LogP contribution in [-0.2, 0) is 20.8 Å². The Morgan fingerprint density at radius 2 is 1.72 bits per heavy atom. The normalized spacial score (nSPS) is 35.4. The Bertz CT molecular complexity index is 742.